The first kappa shape index (κ1) is 24.1. The Balaban J connectivity index is 1.35. The molecule has 3 aromatic rings. The molecular weight excluding hydrogens is 446 g/mol. The summed E-state index contributed by atoms with van der Waals surface area (Å²) in [7, 11) is 3.30. The molecule has 0 spiro atoms. The highest BCUT2D eigenvalue weighted by atomic mass is 16.5. The zero-order chi connectivity index (χ0) is 24.9. The number of primary amides is 1. The summed E-state index contributed by atoms with van der Waals surface area (Å²) in [5.74, 6) is 0.152. The van der Waals surface area contributed by atoms with E-state index >= 15 is 0 Å². The molecule has 8 nitrogen and oxygen atoms in total. The molecule has 0 saturated carbocycles. The first-order valence-electron chi connectivity index (χ1n) is 11.4. The fourth-order valence-corrected chi connectivity index (χ4v) is 4.31. The van der Waals surface area contributed by atoms with Gasteiger partial charge in [-0.25, -0.2) is 0 Å². The number of hydrogen-bond donors (Lipinski definition) is 3. The molecular formula is C27H29N3O5. The number of methoxy groups -OCH3 is 2. The van der Waals surface area contributed by atoms with E-state index < -0.39 is 11.8 Å². The summed E-state index contributed by atoms with van der Waals surface area (Å²) in [5.41, 5.74) is 9.72. The zero-order valence-corrected chi connectivity index (χ0v) is 19.8. The van der Waals surface area contributed by atoms with Gasteiger partial charge in [-0.15, -0.1) is 0 Å². The van der Waals surface area contributed by atoms with Crippen LogP contribution in [0.1, 0.15) is 37.4 Å². The molecule has 0 fully saturated rings. The molecule has 0 aliphatic carbocycles. The van der Waals surface area contributed by atoms with Crippen molar-refractivity contribution in [2.45, 2.75) is 19.4 Å². The number of benzene rings is 3. The fraction of sp³-hybridized carbons (Fsp3) is 0.259. The normalized spacial score (nSPS) is 13.1. The van der Waals surface area contributed by atoms with Gasteiger partial charge < -0.3 is 25.6 Å². The third-order valence-corrected chi connectivity index (χ3v) is 6.24. The second-order valence-electron chi connectivity index (χ2n) is 8.50. The molecule has 4 rings (SSSR count). The molecule has 8 heteroatoms. The Morgan fingerprint density at radius 3 is 2.31 bits per heavy atom. The molecule has 0 atom stereocenters. The largest absolute Gasteiger partial charge is 0.508 e. The van der Waals surface area contributed by atoms with Crippen LogP contribution in [0.5, 0.6) is 17.2 Å². The molecule has 1 aliphatic heterocycles. The maximum absolute atomic E-state index is 12.6. The van der Waals surface area contributed by atoms with Gasteiger partial charge in [0.1, 0.15) is 5.75 Å². The number of fused-ring (bicyclic) bond motifs is 1. The second-order valence-corrected chi connectivity index (χ2v) is 8.50. The number of nitrogens with zero attached hydrogens (tertiary/aromatic N) is 1. The van der Waals surface area contributed by atoms with Crippen molar-refractivity contribution in [3.8, 4) is 17.2 Å². The number of hydrogen-bond acceptors (Lipinski definition) is 6. The van der Waals surface area contributed by atoms with Crippen molar-refractivity contribution in [2.75, 3.05) is 32.6 Å². The molecule has 0 saturated heterocycles. The molecule has 2 amide bonds. The number of amides is 2. The number of nitrogens with one attached hydrogen (secondary N) is 1. The Kier molecular flexibility index (Phi) is 7.22. The van der Waals surface area contributed by atoms with Gasteiger partial charge in [0.15, 0.2) is 11.5 Å². The number of anilines is 1. The molecule has 0 unspecified atom stereocenters. The topological polar surface area (TPSA) is 114 Å². The molecule has 1 heterocycles. The van der Waals surface area contributed by atoms with Crippen molar-refractivity contribution in [1.29, 1.82) is 0 Å². The average molecular weight is 476 g/mol. The highest BCUT2D eigenvalue weighted by Crippen LogP contribution is 2.33. The van der Waals surface area contributed by atoms with Gasteiger partial charge in [0.2, 0.25) is 5.91 Å². The monoisotopic (exact) mass is 475 g/mol. The van der Waals surface area contributed by atoms with E-state index in [0.717, 1.165) is 49.5 Å². The molecule has 0 aromatic heterocycles. The number of aromatic hydroxyl groups is 1. The van der Waals surface area contributed by atoms with Gasteiger partial charge >= 0.3 is 0 Å². The smallest absolute Gasteiger partial charge is 0.256 e. The van der Waals surface area contributed by atoms with E-state index in [0.29, 0.717) is 5.69 Å². The van der Waals surface area contributed by atoms with Gasteiger partial charge in [0, 0.05) is 25.3 Å². The lowest BCUT2D eigenvalue weighted by Crippen LogP contribution is -2.32. The van der Waals surface area contributed by atoms with Crippen LogP contribution in [0.4, 0.5) is 5.69 Å². The Bertz CT molecular complexity index is 1240. The molecule has 4 N–H and O–H groups in total. The Morgan fingerprint density at radius 2 is 1.66 bits per heavy atom. The lowest BCUT2D eigenvalue weighted by Gasteiger charge is -2.29. The summed E-state index contributed by atoms with van der Waals surface area (Å²) in [6.07, 6.45) is 1.83. The summed E-state index contributed by atoms with van der Waals surface area (Å²) < 4.78 is 10.9. The molecule has 0 radical (unpaired) electrons. The molecule has 3 aromatic carbocycles. The van der Waals surface area contributed by atoms with Gasteiger partial charge in [-0.3, -0.25) is 14.5 Å². The van der Waals surface area contributed by atoms with Crippen molar-refractivity contribution < 1.29 is 24.2 Å². The van der Waals surface area contributed by atoms with E-state index in [9.17, 15) is 14.7 Å². The van der Waals surface area contributed by atoms with E-state index in [1.54, 1.807) is 14.2 Å². The van der Waals surface area contributed by atoms with Crippen LogP contribution in [0, 0.1) is 0 Å². The fourth-order valence-electron chi connectivity index (χ4n) is 4.31. The number of carbonyl (C=O) groups excluding carboxylic acids is 2. The summed E-state index contributed by atoms with van der Waals surface area (Å²) >= 11 is 0. The van der Waals surface area contributed by atoms with Crippen molar-refractivity contribution >= 4 is 17.5 Å². The van der Waals surface area contributed by atoms with Crippen molar-refractivity contribution in [3.63, 3.8) is 0 Å². The minimum absolute atomic E-state index is 0.0289. The summed E-state index contributed by atoms with van der Waals surface area (Å²) in [5, 5.41) is 12.4. The quantitative estimate of drug-likeness (QED) is 0.460. The SMILES string of the molecule is COc1cc2c(cc1OC)CN(CCc1ccc(NC(=O)c3cc(O)ccc3C(N)=O)cc1)CC2. The van der Waals surface area contributed by atoms with Crippen LogP contribution in [0.2, 0.25) is 0 Å². The minimum atomic E-state index is -0.733. The standard InChI is InChI=1S/C27H29N3O5/c1-34-24-13-18-10-12-30(16-19(18)14-25(24)35-2)11-9-17-3-5-20(6-4-17)29-27(33)23-15-21(31)7-8-22(23)26(28)32/h3-8,13-15,31H,9-12,16H2,1-2H3,(H2,28,32)(H,29,33). The molecule has 35 heavy (non-hydrogen) atoms. The minimum Gasteiger partial charge on any atom is -0.508 e. The Hall–Kier alpha value is -4.04. The first-order chi connectivity index (χ1) is 16.9. The van der Waals surface area contributed by atoms with Gasteiger partial charge in [0.05, 0.1) is 25.3 Å². The Morgan fingerprint density at radius 1 is 0.971 bits per heavy atom. The predicted octanol–water partition coefficient (Wildman–Crippen LogP) is 3.36. The second kappa shape index (κ2) is 10.5. The lowest BCUT2D eigenvalue weighted by molar-refractivity contribution is 0.0977. The van der Waals surface area contributed by atoms with Gasteiger partial charge in [-0.1, -0.05) is 12.1 Å². The maximum atomic E-state index is 12.6. The van der Waals surface area contributed by atoms with Gasteiger partial charge in [-0.2, -0.15) is 0 Å². The van der Waals surface area contributed by atoms with Crippen molar-refractivity contribution in [1.82, 2.24) is 4.90 Å². The van der Waals surface area contributed by atoms with E-state index in [1.165, 1.54) is 29.3 Å². The number of nitrogens with two attached hydrogens (primary N) is 1. The number of phenolic OH excluding ortho intramolecular Hbond substituents is 1. The number of carbonyl (C=O) groups is 2. The van der Waals surface area contributed by atoms with E-state index in [2.05, 4.69) is 22.3 Å². The average Bonchev–Trinajstić information content (AvgIpc) is 2.87. The lowest BCUT2D eigenvalue weighted by atomic mass is 9.98. The highest BCUT2D eigenvalue weighted by molar-refractivity contribution is 6.12. The summed E-state index contributed by atoms with van der Waals surface area (Å²) in [6.45, 7) is 2.74. The molecule has 1 aliphatic rings. The summed E-state index contributed by atoms with van der Waals surface area (Å²) in [6, 6.07) is 15.6. The predicted molar refractivity (Wildman–Crippen MR) is 133 cm³/mol. The molecule has 182 valence electrons. The number of rotatable bonds is 8. The van der Waals surface area contributed by atoms with Gasteiger partial charge in [0.25, 0.3) is 5.91 Å². The van der Waals surface area contributed by atoms with E-state index in [1.807, 2.05) is 24.3 Å². The van der Waals surface area contributed by atoms with Crippen LogP contribution in [-0.4, -0.2) is 49.1 Å². The zero-order valence-electron chi connectivity index (χ0n) is 19.8. The van der Waals surface area contributed by atoms with Crippen LogP contribution in [0.25, 0.3) is 0 Å². The third kappa shape index (κ3) is 5.55. The van der Waals surface area contributed by atoms with Crippen LogP contribution < -0.4 is 20.5 Å². The van der Waals surface area contributed by atoms with Crippen LogP contribution in [0.3, 0.4) is 0 Å². The molecule has 0 bridgehead atoms. The number of phenols is 1. The van der Waals surface area contributed by atoms with Crippen molar-refractivity contribution in [3.05, 3.63) is 82.4 Å². The Labute approximate surface area is 204 Å². The van der Waals surface area contributed by atoms with Gasteiger partial charge in [-0.05, 0) is 72.0 Å². The number of ether oxygens (including phenoxy) is 2. The van der Waals surface area contributed by atoms with E-state index in [4.69, 9.17) is 15.2 Å². The summed E-state index contributed by atoms with van der Waals surface area (Å²) in [4.78, 5) is 26.7. The van der Waals surface area contributed by atoms with Crippen LogP contribution in [-0.2, 0) is 19.4 Å². The van der Waals surface area contributed by atoms with Crippen LogP contribution in [0.15, 0.2) is 54.6 Å². The van der Waals surface area contributed by atoms with E-state index in [-0.39, 0.29) is 16.9 Å². The maximum Gasteiger partial charge on any atom is 0.256 e. The van der Waals surface area contributed by atoms with Crippen LogP contribution >= 0.6 is 0 Å². The third-order valence-electron chi connectivity index (χ3n) is 6.24. The highest BCUT2D eigenvalue weighted by Gasteiger charge is 2.20. The van der Waals surface area contributed by atoms with Crippen molar-refractivity contribution in [2.24, 2.45) is 5.73 Å². The first-order valence-corrected chi connectivity index (χ1v) is 11.4.